The summed E-state index contributed by atoms with van der Waals surface area (Å²) in [6.45, 7) is 5.09. The summed E-state index contributed by atoms with van der Waals surface area (Å²) in [4.78, 5) is 27.8. The number of nitrogens with one attached hydrogen (secondary N) is 1. The number of rotatable bonds is 4. The van der Waals surface area contributed by atoms with Crippen molar-refractivity contribution in [2.45, 2.75) is 39.0 Å². The minimum atomic E-state index is -1.03. The Labute approximate surface area is 224 Å². The molecule has 0 fully saturated rings. The number of amides is 2. The van der Waals surface area contributed by atoms with E-state index in [4.69, 9.17) is 14.6 Å². The van der Waals surface area contributed by atoms with E-state index in [1.165, 1.54) is 21.7 Å². The van der Waals surface area contributed by atoms with Crippen LogP contribution in [0.15, 0.2) is 66.7 Å². The van der Waals surface area contributed by atoms with Crippen LogP contribution in [0.4, 0.5) is 14.9 Å². The normalized spacial score (nSPS) is 15.2. The maximum atomic E-state index is 14.3. The van der Waals surface area contributed by atoms with Crippen molar-refractivity contribution in [1.82, 2.24) is 15.1 Å². The minimum Gasteiger partial charge on any atom is -0.489 e. The van der Waals surface area contributed by atoms with Crippen LogP contribution in [-0.2, 0) is 16.1 Å². The third kappa shape index (κ3) is 5.25. The molecule has 1 N–H and O–H groups in total. The highest BCUT2D eigenvalue weighted by Crippen LogP contribution is 2.34. The summed E-state index contributed by atoms with van der Waals surface area (Å²) >= 11 is 0. The number of carbonyl (C=O) groups excluding carboxylic acids is 2. The first-order valence-corrected chi connectivity index (χ1v) is 12.3. The quantitative estimate of drug-likeness (QED) is 0.406. The first-order valence-electron chi connectivity index (χ1n) is 12.3. The summed E-state index contributed by atoms with van der Waals surface area (Å²) in [6.07, 6.45) is -0.742. The average molecular weight is 528 g/mol. The lowest BCUT2D eigenvalue weighted by atomic mass is 10.1. The fourth-order valence-electron chi connectivity index (χ4n) is 4.43. The van der Waals surface area contributed by atoms with E-state index in [0.717, 1.165) is 0 Å². The Bertz CT molecular complexity index is 1620. The van der Waals surface area contributed by atoms with E-state index in [1.54, 1.807) is 75.4 Å². The summed E-state index contributed by atoms with van der Waals surface area (Å²) in [5.74, 6) is -0.423. The highest BCUT2D eigenvalue weighted by Gasteiger charge is 2.34. The summed E-state index contributed by atoms with van der Waals surface area (Å²) in [5, 5.41) is 17.6. The molecule has 0 saturated heterocycles. The van der Waals surface area contributed by atoms with Gasteiger partial charge in [0, 0.05) is 11.5 Å². The monoisotopic (exact) mass is 527 g/mol. The average Bonchev–Trinajstić information content (AvgIpc) is 3.19. The molecule has 1 aliphatic heterocycles. The molecule has 39 heavy (non-hydrogen) atoms. The summed E-state index contributed by atoms with van der Waals surface area (Å²) < 4.78 is 27.1. The van der Waals surface area contributed by atoms with Crippen LogP contribution in [0.3, 0.4) is 0 Å². The number of carbonyl (C=O) groups is 2. The van der Waals surface area contributed by atoms with E-state index in [-0.39, 0.29) is 13.2 Å². The Morgan fingerprint density at radius 2 is 1.87 bits per heavy atom. The van der Waals surface area contributed by atoms with Crippen LogP contribution >= 0.6 is 0 Å². The number of nitriles is 1. The van der Waals surface area contributed by atoms with Crippen molar-refractivity contribution in [2.24, 2.45) is 0 Å². The molecular weight excluding hydrogens is 501 g/mol. The molecule has 4 aromatic rings. The Kier molecular flexibility index (Phi) is 6.66. The molecule has 9 nitrogen and oxygen atoms in total. The number of aromatic nitrogens is 2. The first-order chi connectivity index (χ1) is 18.6. The first kappa shape index (κ1) is 25.7. The SMILES string of the molecule is CC(C)(C)OC(=O)NC1COc2ccccc2N(Cc2nn(-c3ccccc3C#N)c3cc(F)ccc23)C1=O. The van der Waals surface area contributed by atoms with Gasteiger partial charge in [-0.15, -0.1) is 0 Å². The number of halogens is 1. The van der Waals surface area contributed by atoms with E-state index >= 15 is 0 Å². The number of nitrogens with zero attached hydrogens (tertiary/aromatic N) is 4. The van der Waals surface area contributed by atoms with E-state index in [2.05, 4.69) is 11.4 Å². The molecule has 1 aliphatic rings. The maximum Gasteiger partial charge on any atom is 0.408 e. The van der Waals surface area contributed by atoms with Crippen molar-refractivity contribution >= 4 is 28.6 Å². The number of anilines is 1. The zero-order valence-electron chi connectivity index (χ0n) is 21.6. The highest BCUT2D eigenvalue weighted by atomic mass is 19.1. The van der Waals surface area contributed by atoms with Gasteiger partial charge in [-0.2, -0.15) is 10.4 Å². The number of ether oxygens (including phenoxy) is 2. The van der Waals surface area contributed by atoms with Gasteiger partial charge in [0.1, 0.15) is 35.9 Å². The molecule has 0 radical (unpaired) electrons. The van der Waals surface area contributed by atoms with Crippen molar-refractivity contribution in [2.75, 3.05) is 11.5 Å². The van der Waals surface area contributed by atoms with Crippen LogP contribution in [0.1, 0.15) is 32.0 Å². The molecule has 10 heteroatoms. The van der Waals surface area contributed by atoms with Crippen molar-refractivity contribution in [1.29, 1.82) is 5.26 Å². The summed E-state index contributed by atoms with van der Waals surface area (Å²) in [5.41, 5.74) is 1.52. The zero-order valence-corrected chi connectivity index (χ0v) is 21.6. The molecule has 1 unspecified atom stereocenters. The van der Waals surface area contributed by atoms with E-state index in [1.807, 2.05) is 0 Å². The number of hydrogen-bond donors (Lipinski definition) is 1. The van der Waals surface area contributed by atoms with E-state index in [9.17, 15) is 19.2 Å². The fourth-order valence-corrected chi connectivity index (χ4v) is 4.43. The van der Waals surface area contributed by atoms with Crippen LogP contribution in [0, 0.1) is 17.1 Å². The Balaban J connectivity index is 1.57. The molecule has 0 aliphatic carbocycles. The minimum absolute atomic E-state index is 0.00441. The second-order valence-corrected chi connectivity index (χ2v) is 10.1. The number of hydrogen-bond acceptors (Lipinski definition) is 6. The maximum absolute atomic E-state index is 14.3. The van der Waals surface area contributed by atoms with Crippen molar-refractivity contribution in [3.05, 3.63) is 83.8 Å². The molecule has 5 rings (SSSR count). The van der Waals surface area contributed by atoms with Crippen LogP contribution in [0.5, 0.6) is 5.75 Å². The number of alkyl carbamates (subject to hydrolysis) is 1. The number of fused-ring (bicyclic) bond motifs is 2. The molecule has 198 valence electrons. The van der Waals surface area contributed by atoms with Gasteiger partial charge in [0.25, 0.3) is 5.91 Å². The Morgan fingerprint density at radius 3 is 2.62 bits per heavy atom. The standard InChI is InChI=1S/C29H26FN5O4/c1-29(2,3)39-28(37)32-22-17-38-26-11-7-6-10-24(26)34(27(22)36)16-21-20-13-12-19(30)14-25(20)35(33-21)23-9-5-4-8-18(23)15-31/h4-14,22H,16-17H2,1-3H3,(H,32,37). The third-order valence-electron chi connectivity index (χ3n) is 6.10. The molecule has 1 atom stereocenters. The molecule has 0 spiro atoms. The molecule has 1 aromatic heterocycles. The van der Waals surface area contributed by atoms with Crippen LogP contribution < -0.4 is 15.0 Å². The van der Waals surface area contributed by atoms with Gasteiger partial charge in [-0.1, -0.05) is 24.3 Å². The molecule has 0 saturated carbocycles. The van der Waals surface area contributed by atoms with Gasteiger partial charge in [0.2, 0.25) is 0 Å². The van der Waals surface area contributed by atoms with Gasteiger partial charge in [-0.25, -0.2) is 13.9 Å². The highest BCUT2D eigenvalue weighted by molar-refractivity contribution is 6.01. The van der Waals surface area contributed by atoms with Crippen molar-refractivity contribution in [3.63, 3.8) is 0 Å². The predicted octanol–water partition coefficient (Wildman–Crippen LogP) is 4.86. The van der Waals surface area contributed by atoms with Gasteiger partial charge in [-0.3, -0.25) is 4.79 Å². The molecule has 2 heterocycles. The van der Waals surface area contributed by atoms with Crippen LogP contribution in [-0.4, -0.2) is 40.0 Å². The van der Waals surface area contributed by atoms with Gasteiger partial charge < -0.3 is 19.7 Å². The van der Waals surface area contributed by atoms with Gasteiger partial charge in [0.05, 0.1) is 34.7 Å². The van der Waals surface area contributed by atoms with Gasteiger partial charge >= 0.3 is 6.09 Å². The summed E-state index contributed by atoms with van der Waals surface area (Å²) in [7, 11) is 0. The smallest absolute Gasteiger partial charge is 0.408 e. The van der Waals surface area contributed by atoms with Gasteiger partial charge in [0.15, 0.2) is 0 Å². The third-order valence-corrected chi connectivity index (χ3v) is 6.10. The summed E-state index contributed by atoms with van der Waals surface area (Å²) in [6, 6.07) is 19.3. The fraction of sp³-hybridized carbons (Fsp3) is 0.241. The number of benzene rings is 3. The predicted molar refractivity (Wildman–Crippen MR) is 142 cm³/mol. The van der Waals surface area contributed by atoms with Crippen molar-refractivity contribution < 1.29 is 23.5 Å². The molecular formula is C29H26FN5O4. The largest absolute Gasteiger partial charge is 0.489 e. The molecule has 3 aromatic carbocycles. The van der Waals surface area contributed by atoms with E-state index < -0.39 is 29.5 Å². The van der Waals surface area contributed by atoms with Crippen LogP contribution in [0.25, 0.3) is 16.6 Å². The van der Waals surface area contributed by atoms with E-state index in [0.29, 0.717) is 39.3 Å². The zero-order chi connectivity index (χ0) is 27.7. The van der Waals surface area contributed by atoms with Crippen molar-refractivity contribution in [3.8, 4) is 17.5 Å². The second kappa shape index (κ2) is 10.1. The number of para-hydroxylation sites is 3. The lowest BCUT2D eigenvalue weighted by molar-refractivity contribution is -0.121. The lowest BCUT2D eigenvalue weighted by Crippen LogP contribution is -2.51. The van der Waals surface area contributed by atoms with Crippen LogP contribution in [0.2, 0.25) is 0 Å². The molecule has 2 amide bonds. The second-order valence-electron chi connectivity index (χ2n) is 10.1. The van der Waals surface area contributed by atoms with Gasteiger partial charge in [-0.05, 0) is 57.2 Å². The lowest BCUT2D eigenvalue weighted by Gasteiger charge is -2.25. The topological polar surface area (TPSA) is 109 Å². The molecule has 0 bridgehead atoms. The Hall–Kier alpha value is -4.91. The Morgan fingerprint density at radius 1 is 1.15 bits per heavy atom.